The van der Waals surface area contributed by atoms with Crippen molar-refractivity contribution in [3.05, 3.63) is 42.2 Å². The van der Waals surface area contributed by atoms with Gasteiger partial charge in [-0.15, -0.1) is 0 Å². The predicted molar refractivity (Wildman–Crippen MR) is 105 cm³/mol. The van der Waals surface area contributed by atoms with Crippen LogP contribution in [0.3, 0.4) is 0 Å². The van der Waals surface area contributed by atoms with Gasteiger partial charge in [-0.2, -0.15) is 5.10 Å². The Bertz CT molecular complexity index is 860. The number of nitrogens with zero attached hydrogens (tertiary/aromatic N) is 2. The van der Waals surface area contributed by atoms with E-state index in [0.29, 0.717) is 19.8 Å². The van der Waals surface area contributed by atoms with E-state index in [1.54, 1.807) is 6.92 Å². The lowest BCUT2D eigenvalue weighted by Crippen LogP contribution is -2.45. The quantitative estimate of drug-likeness (QED) is 0.724. The van der Waals surface area contributed by atoms with Gasteiger partial charge in [-0.1, -0.05) is 13.8 Å². The second-order valence-electron chi connectivity index (χ2n) is 7.62. The highest BCUT2D eigenvalue weighted by molar-refractivity contribution is 7.91. The third-order valence-electron chi connectivity index (χ3n) is 5.38. The lowest BCUT2D eigenvalue weighted by Gasteiger charge is -2.40. The van der Waals surface area contributed by atoms with Crippen LogP contribution in [0.2, 0.25) is 0 Å². The molecule has 1 fully saturated rings. The minimum atomic E-state index is -3.05. The van der Waals surface area contributed by atoms with Crippen molar-refractivity contribution in [2.24, 2.45) is 11.3 Å². The fourth-order valence-electron chi connectivity index (χ4n) is 3.43. The first-order valence-corrected chi connectivity index (χ1v) is 11.2. The molecule has 0 saturated carbocycles. The van der Waals surface area contributed by atoms with Crippen molar-refractivity contribution < 1.29 is 17.9 Å². The zero-order valence-electron chi connectivity index (χ0n) is 16.2. The number of ether oxygens (including phenoxy) is 2. The molecule has 0 radical (unpaired) electrons. The summed E-state index contributed by atoms with van der Waals surface area (Å²) in [4.78, 5) is 0. The third kappa shape index (κ3) is 4.90. The largest absolute Gasteiger partial charge is 0.493 e. The Labute approximate surface area is 161 Å². The highest BCUT2D eigenvalue weighted by atomic mass is 32.2. The van der Waals surface area contributed by atoms with E-state index < -0.39 is 9.84 Å². The van der Waals surface area contributed by atoms with Crippen molar-refractivity contribution in [3.8, 4) is 11.4 Å². The summed E-state index contributed by atoms with van der Waals surface area (Å²) in [6.45, 7) is 7.32. The summed E-state index contributed by atoms with van der Waals surface area (Å²) in [5.41, 5.74) is 1.75. The molecule has 6 nitrogen and oxygen atoms in total. The molecule has 1 saturated heterocycles. The summed E-state index contributed by atoms with van der Waals surface area (Å²) in [6, 6.07) is 7.74. The average molecular weight is 393 g/mol. The van der Waals surface area contributed by atoms with Crippen molar-refractivity contribution in [2.75, 3.05) is 31.3 Å². The number of aromatic nitrogens is 2. The third-order valence-corrected chi connectivity index (χ3v) is 7.35. The predicted octanol–water partition coefficient (Wildman–Crippen LogP) is 3.04. The van der Waals surface area contributed by atoms with Crippen LogP contribution in [-0.4, -0.2) is 49.5 Å². The van der Waals surface area contributed by atoms with Gasteiger partial charge in [-0.05, 0) is 48.6 Å². The molecule has 0 unspecified atom stereocenters. The Morgan fingerprint density at radius 1 is 1.33 bits per heavy atom. The molecule has 0 aliphatic carbocycles. The number of hydrogen-bond acceptors (Lipinski definition) is 5. The van der Waals surface area contributed by atoms with Crippen LogP contribution in [0.5, 0.6) is 5.75 Å². The first kappa shape index (κ1) is 19.9. The minimum absolute atomic E-state index is 0.0426. The van der Waals surface area contributed by atoms with Gasteiger partial charge >= 0.3 is 0 Å². The summed E-state index contributed by atoms with van der Waals surface area (Å²) in [6.07, 6.45) is 4.52. The number of aryl methyl sites for hydroxylation is 1. The van der Waals surface area contributed by atoms with Crippen LogP contribution in [0.4, 0.5) is 0 Å². The Morgan fingerprint density at radius 2 is 2.07 bits per heavy atom. The minimum Gasteiger partial charge on any atom is -0.493 e. The van der Waals surface area contributed by atoms with Crippen LogP contribution in [0.25, 0.3) is 5.69 Å². The fraction of sp³-hybridized carbons (Fsp3) is 0.550. The molecule has 3 rings (SSSR count). The normalized spacial score (nSPS) is 23.3. The number of hydrogen-bond donors (Lipinski definition) is 0. The highest BCUT2D eigenvalue weighted by Crippen LogP contribution is 2.37. The molecular weight excluding hydrogens is 364 g/mol. The van der Waals surface area contributed by atoms with Gasteiger partial charge in [0.15, 0.2) is 9.84 Å². The smallest absolute Gasteiger partial charge is 0.150 e. The molecule has 1 aliphatic rings. The monoisotopic (exact) mass is 392 g/mol. The molecular formula is C20H28N2O4S. The van der Waals surface area contributed by atoms with Gasteiger partial charge in [0, 0.05) is 24.5 Å². The van der Waals surface area contributed by atoms with Crippen molar-refractivity contribution in [1.29, 1.82) is 0 Å². The van der Waals surface area contributed by atoms with Crippen molar-refractivity contribution >= 4 is 9.84 Å². The fourth-order valence-corrected chi connectivity index (χ4v) is 5.01. The van der Waals surface area contributed by atoms with Gasteiger partial charge in [-0.25, -0.2) is 13.1 Å². The Kier molecular flexibility index (Phi) is 5.91. The molecule has 0 amide bonds. The Hall–Kier alpha value is -1.86. The van der Waals surface area contributed by atoms with Gasteiger partial charge in [0.1, 0.15) is 5.75 Å². The standard InChI is InChI=1S/C20H28N2O4S/c1-4-27(23,24)15-20(3)9-10-25-13-17(20)14-26-19-7-5-18(6-8-19)22-12-16(2)11-21-22/h5-8,11-12,17H,4,9-10,13-15H2,1-3H3/t17-,20+/m1/s1. The van der Waals surface area contributed by atoms with Gasteiger partial charge < -0.3 is 9.47 Å². The van der Waals surface area contributed by atoms with E-state index in [-0.39, 0.29) is 22.8 Å². The van der Waals surface area contributed by atoms with E-state index in [1.165, 1.54) is 0 Å². The molecule has 0 spiro atoms. The van der Waals surface area contributed by atoms with E-state index in [9.17, 15) is 8.42 Å². The molecule has 27 heavy (non-hydrogen) atoms. The van der Waals surface area contributed by atoms with Crippen LogP contribution >= 0.6 is 0 Å². The zero-order valence-corrected chi connectivity index (χ0v) is 17.0. The van der Waals surface area contributed by atoms with E-state index in [2.05, 4.69) is 5.10 Å². The highest BCUT2D eigenvalue weighted by Gasteiger charge is 2.40. The molecule has 1 aliphatic heterocycles. The van der Waals surface area contributed by atoms with Crippen molar-refractivity contribution in [3.63, 3.8) is 0 Å². The Morgan fingerprint density at radius 3 is 2.70 bits per heavy atom. The Balaban J connectivity index is 1.65. The number of benzene rings is 1. The molecule has 2 aromatic rings. The van der Waals surface area contributed by atoms with Gasteiger partial charge in [0.05, 0.1) is 30.9 Å². The maximum atomic E-state index is 12.2. The van der Waals surface area contributed by atoms with Crippen LogP contribution in [0.1, 0.15) is 25.8 Å². The summed E-state index contributed by atoms with van der Waals surface area (Å²) in [7, 11) is -3.05. The van der Waals surface area contributed by atoms with E-state index in [0.717, 1.165) is 23.4 Å². The maximum Gasteiger partial charge on any atom is 0.150 e. The number of sulfone groups is 1. The SMILES string of the molecule is CCS(=O)(=O)C[C@]1(C)CCOC[C@@H]1COc1ccc(-n2cc(C)cn2)cc1. The lowest BCUT2D eigenvalue weighted by atomic mass is 9.75. The second-order valence-corrected chi connectivity index (χ2v) is 9.97. The summed E-state index contributed by atoms with van der Waals surface area (Å²) >= 11 is 0. The number of rotatable bonds is 7. The van der Waals surface area contributed by atoms with Gasteiger partial charge in [0.2, 0.25) is 0 Å². The molecule has 1 aromatic carbocycles. The molecule has 2 atom stereocenters. The zero-order chi connectivity index (χ0) is 19.5. The maximum absolute atomic E-state index is 12.2. The van der Waals surface area contributed by atoms with Gasteiger partial charge in [0.25, 0.3) is 0 Å². The molecule has 0 N–H and O–H groups in total. The molecule has 1 aromatic heterocycles. The molecule has 2 heterocycles. The van der Waals surface area contributed by atoms with E-state index >= 15 is 0 Å². The molecule has 7 heteroatoms. The van der Waals surface area contributed by atoms with Crippen LogP contribution in [-0.2, 0) is 14.6 Å². The first-order chi connectivity index (χ1) is 12.8. The van der Waals surface area contributed by atoms with Crippen molar-refractivity contribution in [1.82, 2.24) is 9.78 Å². The molecule has 148 valence electrons. The van der Waals surface area contributed by atoms with E-state index in [4.69, 9.17) is 9.47 Å². The van der Waals surface area contributed by atoms with Crippen LogP contribution < -0.4 is 4.74 Å². The summed E-state index contributed by atoms with van der Waals surface area (Å²) in [5.74, 6) is 1.16. The van der Waals surface area contributed by atoms with Gasteiger partial charge in [-0.3, -0.25) is 0 Å². The van der Waals surface area contributed by atoms with Crippen LogP contribution in [0, 0.1) is 18.3 Å². The van der Waals surface area contributed by atoms with Crippen LogP contribution in [0.15, 0.2) is 36.7 Å². The van der Waals surface area contributed by atoms with Crippen molar-refractivity contribution in [2.45, 2.75) is 27.2 Å². The average Bonchev–Trinajstić information content (AvgIpc) is 3.07. The molecule has 0 bridgehead atoms. The summed E-state index contributed by atoms with van der Waals surface area (Å²) < 4.78 is 37.8. The first-order valence-electron chi connectivity index (χ1n) is 9.34. The summed E-state index contributed by atoms with van der Waals surface area (Å²) in [5, 5.41) is 4.30. The topological polar surface area (TPSA) is 70.4 Å². The van der Waals surface area contributed by atoms with E-state index in [1.807, 2.05) is 55.2 Å². The lowest BCUT2D eigenvalue weighted by molar-refractivity contribution is -0.0391. The second kappa shape index (κ2) is 8.02.